The zero-order valence-electron chi connectivity index (χ0n) is 24.8. The number of alkyl halides is 3. The topological polar surface area (TPSA) is 118 Å². The summed E-state index contributed by atoms with van der Waals surface area (Å²) in [5, 5.41) is 4.51. The molecule has 0 saturated heterocycles. The number of amidine groups is 1. The van der Waals surface area contributed by atoms with Crippen molar-refractivity contribution >= 4 is 23.8 Å². The van der Waals surface area contributed by atoms with Gasteiger partial charge in [0.15, 0.2) is 5.84 Å². The number of hydrogen-bond acceptors (Lipinski definition) is 5. The van der Waals surface area contributed by atoms with Gasteiger partial charge in [0.2, 0.25) is 0 Å². The molecule has 7 N–H and O–H groups in total. The molecule has 1 saturated carbocycles. The number of nitrogens with zero attached hydrogens (tertiary/aromatic N) is 3. The highest BCUT2D eigenvalue weighted by Crippen LogP contribution is 2.52. The molecule has 2 aliphatic rings. The third-order valence-electron chi connectivity index (χ3n) is 6.87. The van der Waals surface area contributed by atoms with Gasteiger partial charge < -0.3 is 16.8 Å². The van der Waals surface area contributed by atoms with Gasteiger partial charge in [-0.05, 0) is 67.6 Å². The van der Waals surface area contributed by atoms with Gasteiger partial charge in [-0.25, -0.2) is 14.4 Å². The van der Waals surface area contributed by atoms with Crippen LogP contribution in [-0.2, 0) is 0 Å². The van der Waals surface area contributed by atoms with Gasteiger partial charge >= 0.3 is 6.18 Å². The lowest BCUT2D eigenvalue weighted by molar-refractivity contribution is -0.195. The summed E-state index contributed by atoms with van der Waals surface area (Å²) in [6, 6.07) is -0.713. The maximum absolute atomic E-state index is 13.8. The van der Waals surface area contributed by atoms with Crippen LogP contribution in [0.25, 0.3) is 0 Å². The van der Waals surface area contributed by atoms with Crippen molar-refractivity contribution in [3.63, 3.8) is 0 Å². The number of halogens is 5. The molecular weight excluding hydrogens is 570 g/mol. The van der Waals surface area contributed by atoms with E-state index in [1.54, 1.807) is 13.0 Å². The van der Waals surface area contributed by atoms with Crippen LogP contribution in [0.1, 0.15) is 53.9 Å². The van der Waals surface area contributed by atoms with Crippen LogP contribution < -0.4 is 22.6 Å². The minimum absolute atomic E-state index is 0.0754. The summed E-state index contributed by atoms with van der Waals surface area (Å²) in [5.74, 6) is 5.71. The van der Waals surface area contributed by atoms with E-state index in [0.29, 0.717) is 40.7 Å². The standard InChI is InChI=1S/C30H42ClF4N7/c1-7-21(32)9-8-19(2)26(25(37)12-15-42(38)29(13-14-29)30(33,34)35)41-22-10-11-23(20(3)24(31)16-22)27(40-18-36)39-17-28(4,5)6/h7-9,11-12,16,18,26,41H,1,10,13-15,17,37-38H2,2-6H3,(H2,36,39,40)/b19-8+,21-9+,25-12-. The summed E-state index contributed by atoms with van der Waals surface area (Å²) in [4.78, 5) is 8.92. The predicted molar refractivity (Wildman–Crippen MR) is 165 cm³/mol. The van der Waals surface area contributed by atoms with Gasteiger partial charge in [-0.1, -0.05) is 51.1 Å². The summed E-state index contributed by atoms with van der Waals surface area (Å²) in [6.45, 7) is 13.4. The van der Waals surface area contributed by atoms with Gasteiger partial charge in [0.25, 0.3) is 0 Å². The van der Waals surface area contributed by atoms with Crippen LogP contribution in [0.5, 0.6) is 0 Å². The molecule has 0 amide bonds. The van der Waals surface area contributed by atoms with Gasteiger partial charge in [0.1, 0.15) is 11.4 Å². The van der Waals surface area contributed by atoms with Gasteiger partial charge in [0, 0.05) is 41.5 Å². The van der Waals surface area contributed by atoms with Crippen molar-refractivity contribution in [3.05, 3.63) is 82.0 Å². The summed E-state index contributed by atoms with van der Waals surface area (Å²) < 4.78 is 54.4. The van der Waals surface area contributed by atoms with Crippen LogP contribution in [0, 0.1) is 5.41 Å². The van der Waals surface area contributed by atoms with E-state index in [2.05, 4.69) is 42.7 Å². The Labute approximate surface area is 251 Å². The van der Waals surface area contributed by atoms with E-state index in [1.807, 2.05) is 13.0 Å². The summed E-state index contributed by atoms with van der Waals surface area (Å²) in [7, 11) is 0. The Morgan fingerprint density at radius 1 is 1.26 bits per heavy atom. The Morgan fingerprint density at radius 2 is 1.90 bits per heavy atom. The lowest BCUT2D eigenvalue weighted by atomic mass is 9.97. The molecule has 7 nitrogen and oxygen atoms in total. The number of rotatable bonds is 11. The highest BCUT2D eigenvalue weighted by molar-refractivity contribution is 6.32. The number of nitrogens with one attached hydrogen (secondary N) is 1. The molecule has 2 rings (SSSR count). The molecule has 0 heterocycles. The quantitative estimate of drug-likeness (QED) is 0.0554. The fraction of sp³-hybridized carbons (Fsp3) is 0.467. The van der Waals surface area contributed by atoms with Crippen molar-refractivity contribution in [2.75, 3.05) is 13.1 Å². The average Bonchev–Trinajstić information content (AvgIpc) is 3.73. The smallest absolute Gasteiger partial charge is 0.400 e. The predicted octanol–water partition coefficient (Wildman–Crippen LogP) is 6.20. The molecule has 1 fully saturated rings. The largest absolute Gasteiger partial charge is 0.408 e. The van der Waals surface area contributed by atoms with Gasteiger partial charge in [0.05, 0.1) is 12.4 Å². The summed E-state index contributed by atoms with van der Waals surface area (Å²) in [5.41, 5.74) is 12.8. The third-order valence-corrected chi connectivity index (χ3v) is 7.27. The Balaban J connectivity index is 2.43. The van der Waals surface area contributed by atoms with Crippen LogP contribution in [0.2, 0.25) is 0 Å². The molecule has 2 aliphatic carbocycles. The molecule has 0 aliphatic heterocycles. The normalized spacial score (nSPS) is 20.0. The first-order chi connectivity index (χ1) is 19.5. The van der Waals surface area contributed by atoms with Gasteiger partial charge in [-0.15, -0.1) is 0 Å². The van der Waals surface area contributed by atoms with Gasteiger partial charge in [-0.3, -0.25) is 10.8 Å². The second kappa shape index (κ2) is 14.3. The molecule has 42 heavy (non-hydrogen) atoms. The average molecular weight is 612 g/mol. The fourth-order valence-electron chi connectivity index (χ4n) is 4.12. The summed E-state index contributed by atoms with van der Waals surface area (Å²) >= 11 is 6.69. The van der Waals surface area contributed by atoms with E-state index in [0.717, 1.165) is 16.7 Å². The number of hydrogen-bond donors (Lipinski definition) is 4. The SMILES string of the molecule is C=C/C(F)=C\C=C(/C)C(NC1=CC(Cl)=C(C)C(C(N=CN)=NCC(C)(C)C)=CC1)/C(N)=C/CN(N)C1(C(F)(F)F)CC1. The fourth-order valence-corrected chi connectivity index (χ4v) is 4.35. The van der Waals surface area contributed by atoms with Crippen molar-refractivity contribution in [1.29, 1.82) is 0 Å². The first kappa shape index (κ1) is 35.0. The molecule has 0 aromatic heterocycles. The van der Waals surface area contributed by atoms with E-state index in [-0.39, 0.29) is 30.5 Å². The molecule has 1 atom stereocenters. The van der Waals surface area contributed by atoms with E-state index < -0.39 is 23.6 Å². The molecule has 12 heteroatoms. The van der Waals surface area contributed by atoms with Crippen LogP contribution in [-0.4, -0.2) is 48.0 Å². The molecule has 1 unspecified atom stereocenters. The Morgan fingerprint density at radius 3 is 2.43 bits per heavy atom. The minimum Gasteiger partial charge on any atom is -0.400 e. The lowest BCUT2D eigenvalue weighted by Gasteiger charge is -2.29. The summed E-state index contributed by atoms with van der Waals surface area (Å²) in [6.07, 6.45) is 5.81. The minimum atomic E-state index is -4.45. The van der Waals surface area contributed by atoms with Crippen molar-refractivity contribution in [1.82, 2.24) is 10.3 Å². The van der Waals surface area contributed by atoms with Crippen LogP contribution >= 0.6 is 11.6 Å². The molecule has 0 aromatic carbocycles. The first-order valence-corrected chi connectivity index (χ1v) is 13.9. The van der Waals surface area contributed by atoms with Crippen LogP contribution in [0.15, 0.2) is 92.0 Å². The Bertz CT molecular complexity index is 1260. The monoisotopic (exact) mass is 611 g/mol. The molecule has 0 radical (unpaired) electrons. The van der Waals surface area contributed by atoms with Crippen molar-refractivity contribution in [2.45, 2.75) is 71.6 Å². The Hall–Kier alpha value is -3.15. The highest BCUT2D eigenvalue weighted by Gasteiger charge is 2.66. The zero-order valence-corrected chi connectivity index (χ0v) is 25.6. The van der Waals surface area contributed by atoms with Gasteiger partial charge in [-0.2, -0.15) is 13.2 Å². The molecule has 0 spiro atoms. The molecular formula is C30H42ClF4N7. The van der Waals surface area contributed by atoms with E-state index >= 15 is 0 Å². The van der Waals surface area contributed by atoms with E-state index in [9.17, 15) is 17.6 Å². The third kappa shape index (κ3) is 9.43. The van der Waals surface area contributed by atoms with Crippen molar-refractivity contribution < 1.29 is 17.6 Å². The maximum atomic E-state index is 13.8. The highest BCUT2D eigenvalue weighted by atomic mass is 35.5. The van der Waals surface area contributed by atoms with Crippen molar-refractivity contribution in [2.24, 2.45) is 32.7 Å². The first-order valence-electron chi connectivity index (χ1n) is 13.5. The number of nitrogens with two attached hydrogens (primary N) is 3. The Kier molecular flexibility index (Phi) is 12.0. The van der Waals surface area contributed by atoms with E-state index in [1.165, 1.54) is 24.6 Å². The number of allylic oxidation sites excluding steroid dienone is 7. The van der Waals surface area contributed by atoms with E-state index in [4.69, 9.17) is 28.9 Å². The second-order valence-corrected chi connectivity index (χ2v) is 12.0. The second-order valence-electron chi connectivity index (χ2n) is 11.6. The number of aliphatic imine (C=N–C) groups is 2. The zero-order chi connectivity index (χ0) is 31.9. The van der Waals surface area contributed by atoms with Crippen LogP contribution in [0.3, 0.4) is 0 Å². The maximum Gasteiger partial charge on any atom is 0.408 e. The van der Waals surface area contributed by atoms with Crippen molar-refractivity contribution in [3.8, 4) is 0 Å². The molecule has 232 valence electrons. The number of hydrazine groups is 1. The molecule has 0 aromatic rings. The lowest BCUT2D eigenvalue weighted by Crippen LogP contribution is -2.52. The molecule has 0 bridgehead atoms. The van der Waals surface area contributed by atoms with Crippen LogP contribution in [0.4, 0.5) is 17.6 Å².